The Morgan fingerprint density at radius 2 is 2.00 bits per heavy atom. The first-order valence-electron chi connectivity index (χ1n) is 6.12. The maximum atomic E-state index is 3.61. The van der Waals surface area contributed by atoms with Crippen molar-refractivity contribution >= 4 is 0 Å². The fraction of sp³-hybridized carbons (Fsp3) is 0.571. The lowest BCUT2D eigenvalue weighted by Gasteiger charge is -2.37. The molecule has 0 saturated heterocycles. The van der Waals surface area contributed by atoms with Crippen molar-refractivity contribution in [2.24, 2.45) is 0 Å². The van der Waals surface area contributed by atoms with E-state index in [1.165, 1.54) is 37.8 Å². The fourth-order valence-electron chi connectivity index (χ4n) is 3.45. The topological polar surface area (TPSA) is 12.0 Å². The monoisotopic (exact) mass is 201 g/mol. The highest BCUT2D eigenvalue weighted by Crippen LogP contribution is 2.44. The van der Waals surface area contributed by atoms with Crippen LogP contribution >= 0.6 is 0 Å². The molecule has 1 saturated carbocycles. The van der Waals surface area contributed by atoms with Crippen LogP contribution in [-0.2, 0) is 12.0 Å². The van der Waals surface area contributed by atoms with Crippen molar-refractivity contribution in [3.05, 3.63) is 34.9 Å². The van der Waals surface area contributed by atoms with Gasteiger partial charge in [-0.15, -0.1) is 0 Å². The third-order valence-corrected chi connectivity index (χ3v) is 4.31. The molecule has 0 amide bonds. The van der Waals surface area contributed by atoms with E-state index in [2.05, 4.69) is 30.4 Å². The summed E-state index contributed by atoms with van der Waals surface area (Å²) in [6, 6.07) is 6.85. The summed E-state index contributed by atoms with van der Waals surface area (Å²) in [5.74, 6) is 0. The summed E-state index contributed by atoms with van der Waals surface area (Å²) in [4.78, 5) is 0. The summed E-state index contributed by atoms with van der Waals surface area (Å²) in [7, 11) is 0. The van der Waals surface area contributed by atoms with Crippen LogP contribution in [0.1, 0.15) is 42.4 Å². The van der Waals surface area contributed by atoms with Gasteiger partial charge in [0.15, 0.2) is 0 Å². The van der Waals surface area contributed by atoms with Crippen molar-refractivity contribution in [1.29, 1.82) is 0 Å². The van der Waals surface area contributed by atoms with E-state index in [-0.39, 0.29) is 0 Å². The molecular weight excluding hydrogens is 182 g/mol. The number of benzene rings is 1. The molecule has 0 unspecified atom stereocenters. The highest BCUT2D eigenvalue weighted by Gasteiger charge is 2.39. The van der Waals surface area contributed by atoms with Gasteiger partial charge in [0.05, 0.1) is 0 Å². The minimum Gasteiger partial charge on any atom is -0.312 e. The molecule has 0 radical (unpaired) electrons. The summed E-state index contributed by atoms with van der Waals surface area (Å²) >= 11 is 0. The number of hydrogen-bond donors (Lipinski definition) is 1. The molecular formula is C14H19N. The molecule has 2 aliphatic rings. The molecule has 1 aliphatic carbocycles. The third-order valence-electron chi connectivity index (χ3n) is 4.31. The molecule has 80 valence electrons. The first-order valence-corrected chi connectivity index (χ1v) is 6.12. The number of nitrogens with one attached hydrogen (secondary N) is 1. The van der Waals surface area contributed by atoms with Gasteiger partial charge < -0.3 is 5.32 Å². The van der Waals surface area contributed by atoms with E-state index in [4.69, 9.17) is 0 Å². The van der Waals surface area contributed by atoms with Crippen molar-refractivity contribution in [3.63, 3.8) is 0 Å². The van der Waals surface area contributed by atoms with E-state index in [0.29, 0.717) is 5.41 Å². The van der Waals surface area contributed by atoms with E-state index in [1.54, 1.807) is 11.1 Å². The second-order valence-corrected chi connectivity index (χ2v) is 5.19. The average molecular weight is 201 g/mol. The van der Waals surface area contributed by atoms with Gasteiger partial charge >= 0.3 is 0 Å². The van der Waals surface area contributed by atoms with Crippen molar-refractivity contribution in [1.82, 2.24) is 5.32 Å². The highest BCUT2D eigenvalue weighted by molar-refractivity contribution is 5.42. The van der Waals surface area contributed by atoms with Crippen molar-refractivity contribution in [2.75, 3.05) is 6.54 Å². The number of hydrogen-bond acceptors (Lipinski definition) is 1. The molecule has 1 aromatic carbocycles. The molecule has 0 bridgehead atoms. The van der Waals surface area contributed by atoms with Crippen molar-refractivity contribution in [2.45, 2.75) is 44.6 Å². The molecule has 1 heterocycles. The van der Waals surface area contributed by atoms with Crippen molar-refractivity contribution < 1.29 is 0 Å². The van der Waals surface area contributed by atoms with Crippen LogP contribution in [0.4, 0.5) is 0 Å². The second kappa shape index (κ2) is 3.34. The van der Waals surface area contributed by atoms with Crippen LogP contribution in [0.25, 0.3) is 0 Å². The summed E-state index contributed by atoms with van der Waals surface area (Å²) in [5.41, 5.74) is 5.18. The molecule has 1 N–H and O–H groups in total. The number of rotatable bonds is 0. The Bertz CT molecular complexity index is 375. The van der Waals surface area contributed by atoms with Crippen LogP contribution in [0.5, 0.6) is 0 Å². The van der Waals surface area contributed by atoms with Gasteiger partial charge in [0.1, 0.15) is 0 Å². The Balaban J connectivity index is 2.14. The quantitative estimate of drug-likeness (QED) is 0.680. The molecule has 0 atom stereocenters. The van der Waals surface area contributed by atoms with Crippen LogP contribution in [0.15, 0.2) is 18.2 Å². The van der Waals surface area contributed by atoms with Crippen LogP contribution in [0, 0.1) is 6.92 Å². The molecule has 15 heavy (non-hydrogen) atoms. The summed E-state index contributed by atoms with van der Waals surface area (Å²) in [6.07, 6.45) is 5.59. The Morgan fingerprint density at radius 1 is 1.20 bits per heavy atom. The predicted octanol–water partition coefficient (Wildman–Crippen LogP) is 2.91. The molecule has 3 rings (SSSR count). The largest absolute Gasteiger partial charge is 0.312 e. The van der Waals surface area contributed by atoms with Gasteiger partial charge in [0.2, 0.25) is 0 Å². The van der Waals surface area contributed by atoms with Crippen molar-refractivity contribution in [3.8, 4) is 0 Å². The van der Waals surface area contributed by atoms with E-state index in [0.717, 1.165) is 6.54 Å². The second-order valence-electron chi connectivity index (χ2n) is 5.19. The Hall–Kier alpha value is -0.820. The average Bonchev–Trinajstić information content (AvgIpc) is 2.70. The van der Waals surface area contributed by atoms with E-state index in [9.17, 15) is 0 Å². The summed E-state index contributed by atoms with van der Waals surface area (Å²) < 4.78 is 0. The highest BCUT2D eigenvalue weighted by atomic mass is 14.9. The smallest absolute Gasteiger partial charge is 0.0211 e. The van der Waals surface area contributed by atoms with Gasteiger partial charge in [-0.25, -0.2) is 0 Å². The van der Waals surface area contributed by atoms with Gasteiger partial charge in [-0.2, -0.15) is 0 Å². The standard InChI is InChI=1S/C14H19N/c1-11-5-4-6-13-12(11)9-15-10-14(13)7-2-3-8-14/h4-6,15H,2-3,7-10H2,1H3. The zero-order chi connectivity index (χ0) is 10.3. The first kappa shape index (κ1) is 9.41. The summed E-state index contributed by atoms with van der Waals surface area (Å²) in [6.45, 7) is 4.52. The zero-order valence-electron chi connectivity index (χ0n) is 9.47. The maximum Gasteiger partial charge on any atom is 0.0211 e. The minimum absolute atomic E-state index is 0.486. The molecule has 0 aromatic heterocycles. The minimum atomic E-state index is 0.486. The molecule has 1 heteroatoms. The SMILES string of the molecule is Cc1cccc2c1CNCC21CCCC1. The van der Waals surface area contributed by atoms with Gasteiger partial charge in [-0.05, 0) is 36.5 Å². The van der Waals surface area contributed by atoms with Gasteiger partial charge in [-0.3, -0.25) is 0 Å². The Kier molecular flexibility index (Phi) is 2.10. The van der Waals surface area contributed by atoms with E-state index >= 15 is 0 Å². The predicted molar refractivity (Wildman–Crippen MR) is 63.0 cm³/mol. The summed E-state index contributed by atoms with van der Waals surface area (Å²) in [5, 5.41) is 3.61. The maximum absolute atomic E-state index is 3.61. The van der Waals surface area contributed by atoms with Gasteiger partial charge in [0.25, 0.3) is 0 Å². The molecule has 1 spiro atoms. The molecule has 1 fully saturated rings. The van der Waals surface area contributed by atoms with Crippen LogP contribution in [0.3, 0.4) is 0 Å². The van der Waals surface area contributed by atoms with Gasteiger partial charge in [-0.1, -0.05) is 31.0 Å². The van der Waals surface area contributed by atoms with E-state index < -0.39 is 0 Å². The van der Waals surface area contributed by atoms with E-state index in [1.807, 2.05) is 0 Å². The van der Waals surface area contributed by atoms with Gasteiger partial charge in [0, 0.05) is 18.5 Å². The zero-order valence-corrected chi connectivity index (χ0v) is 9.47. The number of aryl methyl sites for hydroxylation is 1. The third kappa shape index (κ3) is 1.33. The van der Waals surface area contributed by atoms with Crippen LogP contribution < -0.4 is 5.32 Å². The normalized spacial score (nSPS) is 23.0. The molecule has 1 nitrogen and oxygen atoms in total. The van der Waals surface area contributed by atoms with Crippen LogP contribution in [0.2, 0.25) is 0 Å². The lowest BCUT2D eigenvalue weighted by Crippen LogP contribution is -2.41. The lowest BCUT2D eigenvalue weighted by atomic mass is 9.73. The molecule has 1 aliphatic heterocycles. The van der Waals surface area contributed by atoms with Crippen LogP contribution in [-0.4, -0.2) is 6.54 Å². The lowest BCUT2D eigenvalue weighted by molar-refractivity contribution is 0.376. The number of fused-ring (bicyclic) bond motifs is 2. The fourth-order valence-corrected chi connectivity index (χ4v) is 3.45. The molecule has 1 aromatic rings. The Morgan fingerprint density at radius 3 is 2.80 bits per heavy atom. The first-order chi connectivity index (χ1) is 7.32. The Labute approximate surface area is 91.9 Å².